The lowest BCUT2D eigenvalue weighted by Gasteiger charge is -2.34. The monoisotopic (exact) mass is 348 g/mol. The topological polar surface area (TPSA) is 66.3 Å². The Kier molecular flexibility index (Phi) is 4.49. The highest BCUT2D eigenvalue weighted by atomic mass is 32.1. The number of rotatable bonds is 2. The Labute approximate surface area is 146 Å². The maximum absolute atomic E-state index is 12.4. The number of piperazine rings is 1. The lowest BCUT2D eigenvalue weighted by Crippen LogP contribution is -2.50. The molecule has 0 atom stereocenters. The number of carbonyl (C=O) groups is 1. The van der Waals surface area contributed by atoms with E-state index in [2.05, 4.69) is 46.5 Å². The molecule has 2 aromatic rings. The molecule has 1 saturated heterocycles. The highest BCUT2D eigenvalue weighted by Crippen LogP contribution is 2.22. The van der Waals surface area contributed by atoms with Gasteiger partial charge in [-0.05, 0) is 27.7 Å². The van der Waals surface area contributed by atoms with Gasteiger partial charge in [-0.25, -0.2) is 9.78 Å². The summed E-state index contributed by atoms with van der Waals surface area (Å²) in [6.45, 7) is 11.2. The summed E-state index contributed by atoms with van der Waals surface area (Å²) < 4.78 is 1.85. The van der Waals surface area contributed by atoms with Crippen LogP contribution in [0.4, 0.5) is 15.6 Å². The van der Waals surface area contributed by atoms with E-state index >= 15 is 0 Å². The fraction of sp³-hybridized carbons (Fsp3) is 0.562. The highest BCUT2D eigenvalue weighted by molar-refractivity contribution is 7.13. The summed E-state index contributed by atoms with van der Waals surface area (Å²) >= 11 is 1.66. The summed E-state index contributed by atoms with van der Waals surface area (Å²) in [6.07, 6.45) is 3.56. The number of carbonyl (C=O) groups excluding carboxylic acids is 1. The minimum absolute atomic E-state index is 0.0709. The SMILES string of the molecule is Cc1csc(N2CCN(C(=O)Nc3cnn(C(C)(C)C)c3)CC2)n1. The van der Waals surface area contributed by atoms with Crippen LogP contribution in [0, 0.1) is 6.92 Å². The molecule has 0 unspecified atom stereocenters. The minimum atomic E-state index is -0.0968. The van der Waals surface area contributed by atoms with Crippen LogP contribution in [-0.2, 0) is 5.54 Å². The van der Waals surface area contributed by atoms with Crippen molar-refractivity contribution in [2.24, 2.45) is 0 Å². The van der Waals surface area contributed by atoms with Crippen molar-refractivity contribution in [1.82, 2.24) is 19.7 Å². The second kappa shape index (κ2) is 6.43. The van der Waals surface area contributed by atoms with E-state index in [9.17, 15) is 4.79 Å². The van der Waals surface area contributed by atoms with E-state index in [1.807, 2.05) is 22.7 Å². The molecule has 1 fully saturated rings. The fourth-order valence-electron chi connectivity index (χ4n) is 2.54. The first kappa shape index (κ1) is 16.8. The van der Waals surface area contributed by atoms with Gasteiger partial charge in [0.05, 0.1) is 23.1 Å². The normalized spacial score (nSPS) is 15.7. The van der Waals surface area contributed by atoms with Gasteiger partial charge in [0.25, 0.3) is 0 Å². The van der Waals surface area contributed by atoms with Crippen molar-refractivity contribution in [3.8, 4) is 0 Å². The zero-order valence-electron chi connectivity index (χ0n) is 14.6. The second-order valence-electron chi connectivity index (χ2n) is 7.02. The first-order valence-electron chi connectivity index (χ1n) is 8.11. The summed E-state index contributed by atoms with van der Waals surface area (Å²) in [4.78, 5) is 21.0. The molecule has 1 aliphatic heterocycles. The molecule has 0 bridgehead atoms. The predicted molar refractivity (Wildman–Crippen MR) is 96.9 cm³/mol. The van der Waals surface area contributed by atoms with Gasteiger partial charge in [-0.1, -0.05) is 0 Å². The summed E-state index contributed by atoms with van der Waals surface area (Å²) in [5.41, 5.74) is 1.68. The van der Waals surface area contributed by atoms with Crippen LogP contribution in [0.1, 0.15) is 26.5 Å². The van der Waals surface area contributed by atoms with Gasteiger partial charge in [0.1, 0.15) is 0 Å². The van der Waals surface area contributed by atoms with Crippen molar-refractivity contribution < 1.29 is 4.79 Å². The summed E-state index contributed by atoms with van der Waals surface area (Å²) in [5.74, 6) is 0. The molecule has 1 aliphatic rings. The number of nitrogens with one attached hydrogen (secondary N) is 1. The van der Waals surface area contributed by atoms with Gasteiger partial charge in [0.2, 0.25) is 0 Å². The van der Waals surface area contributed by atoms with Crippen LogP contribution in [-0.4, -0.2) is 51.9 Å². The molecule has 0 aliphatic carbocycles. The zero-order chi connectivity index (χ0) is 17.3. The molecule has 1 N–H and O–H groups in total. The van der Waals surface area contributed by atoms with E-state index < -0.39 is 0 Å². The van der Waals surface area contributed by atoms with E-state index in [4.69, 9.17) is 0 Å². The van der Waals surface area contributed by atoms with Gasteiger partial charge in [-0.3, -0.25) is 4.68 Å². The van der Waals surface area contributed by atoms with Crippen LogP contribution in [0.3, 0.4) is 0 Å². The van der Waals surface area contributed by atoms with Gasteiger partial charge >= 0.3 is 6.03 Å². The van der Waals surface area contributed by atoms with Crippen LogP contribution in [0.5, 0.6) is 0 Å². The number of anilines is 2. The molecule has 0 radical (unpaired) electrons. The standard InChI is InChI=1S/C16H24N6OS/c1-12-11-24-15(18-12)21-7-5-20(6-8-21)14(23)19-13-9-17-22(10-13)16(2,3)4/h9-11H,5-8H2,1-4H3,(H,19,23). The molecule has 0 aromatic carbocycles. The van der Waals surface area contributed by atoms with Crippen LogP contribution >= 0.6 is 11.3 Å². The number of urea groups is 1. The van der Waals surface area contributed by atoms with Crippen molar-refractivity contribution in [1.29, 1.82) is 0 Å². The predicted octanol–water partition coefficient (Wildman–Crippen LogP) is 2.76. The Balaban J connectivity index is 1.54. The Hall–Kier alpha value is -2.09. The molecule has 24 heavy (non-hydrogen) atoms. The molecule has 130 valence electrons. The third-order valence-electron chi connectivity index (χ3n) is 3.97. The molecule has 2 amide bonds. The third-order valence-corrected chi connectivity index (χ3v) is 4.98. The number of amides is 2. The van der Waals surface area contributed by atoms with E-state index in [-0.39, 0.29) is 11.6 Å². The van der Waals surface area contributed by atoms with Crippen LogP contribution < -0.4 is 10.2 Å². The molecule has 3 heterocycles. The summed E-state index contributed by atoms with van der Waals surface area (Å²) in [6, 6.07) is -0.0709. The van der Waals surface area contributed by atoms with Gasteiger partial charge in [-0.2, -0.15) is 5.10 Å². The lowest BCUT2D eigenvalue weighted by atomic mass is 10.1. The molecule has 3 rings (SSSR count). The van der Waals surface area contributed by atoms with Crippen molar-refractivity contribution in [3.05, 3.63) is 23.5 Å². The van der Waals surface area contributed by atoms with Crippen molar-refractivity contribution in [2.75, 3.05) is 36.4 Å². The summed E-state index contributed by atoms with van der Waals surface area (Å²) in [5, 5.41) is 10.3. The van der Waals surface area contributed by atoms with Crippen LogP contribution in [0.2, 0.25) is 0 Å². The number of aromatic nitrogens is 3. The molecule has 7 nitrogen and oxygen atoms in total. The Morgan fingerprint density at radius 3 is 2.50 bits per heavy atom. The zero-order valence-corrected chi connectivity index (χ0v) is 15.4. The van der Waals surface area contributed by atoms with Crippen LogP contribution in [0.15, 0.2) is 17.8 Å². The molecule has 0 spiro atoms. The number of hydrogen-bond donors (Lipinski definition) is 1. The average molecular weight is 348 g/mol. The maximum atomic E-state index is 12.4. The molecule has 8 heteroatoms. The first-order chi connectivity index (χ1) is 11.3. The first-order valence-corrected chi connectivity index (χ1v) is 8.99. The third kappa shape index (κ3) is 3.69. The average Bonchev–Trinajstić information content (AvgIpc) is 3.16. The molecule has 2 aromatic heterocycles. The van der Waals surface area contributed by atoms with Crippen molar-refractivity contribution in [3.63, 3.8) is 0 Å². The Morgan fingerprint density at radius 1 is 1.25 bits per heavy atom. The molecular weight excluding hydrogens is 324 g/mol. The van der Waals surface area contributed by atoms with Gasteiger partial charge < -0.3 is 15.1 Å². The Bertz CT molecular complexity index is 708. The maximum Gasteiger partial charge on any atom is 0.322 e. The number of hydrogen-bond acceptors (Lipinski definition) is 5. The van der Waals surface area contributed by atoms with E-state index in [1.165, 1.54) is 0 Å². The van der Waals surface area contributed by atoms with E-state index in [1.54, 1.807) is 17.5 Å². The van der Waals surface area contributed by atoms with Gasteiger partial charge in [0, 0.05) is 37.8 Å². The highest BCUT2D eigenvalue weighted by Gasteiger charge is 2.23. The number of thiazole rings is 1. The van der Waals surface area contributed by atoms with Gasteiger partial charge in [0.15, 0.2) is 5.13 Å². The van der Waals surface area contributed by atoms with E-state index in [0.717, 1.165) is 29.6 Å². The summed E-state index contributed by atoms with van der Waals surface area (Å²) in [7, 11) is 0. The quantitative estimate of drug-likeness (QED) is 0.906. The second-order valence-corrected chi connectivity index (χ2v) is 7.86. The van der Waals surface area contributed by atoms with Crippen LogP contribution in [0.25, 0.3) is 0 Å². The number of nitrogens with zero attached hydrogens (tertiary/aromatic N) is 5. The largest absolute Gasteiger partial charge is 0.345 e. The smallest absolute Gasteiger partial charge is 0.322 e. The molecule has 0 saturated carbocycles. The van der Waals surface area contributed by atoms with Gasteiger partial charge in [-0.15, -0.1) is 11.3 Å². The lowest BCUT2D eigenvalue weighted by molar-refractivity contribution is 0.208. The minimum Gasteiger partial charge on any atom is -0.345 e. The van der Waals surface area contributed by atoms with Crippen molar-refractivity contribution in [2.45, 2.75) is 33.2 Å². The molecular formula is C16H24N6OS. The van der Waals surface area contributed by atoms with E-state index in [0.29, 0.717) is 13.1 Å². The number of aryl methyl sites for hydroxylation is 1. The fourth-order valence-corrected chi connectivity index (χ4v) is 3.40. The van der Waals surface area contributed by atoms with Crippen molar-refractivity contribution >= 4 is 28.2 Å². The Morgan fingerprint density at radius 2 is 1.96 bits per heavy atom.